The molecule has 1 aromatic carbocycles. The number of aliphatic hydroxyl groups is 1. The van der Waals surface area contributed by atoms with Crippen molar-refractivity contribution in [2.45, 2.75) is 32.9 Å². The van der Waals surface area contributed by atoms with Crippen molar-refractivity contribution in [2.75, 3.05) is 6.54 Å². The molecular formula is C17H22N2O3. The summed E-state index contributed by atoms with van der Waals surface area (Å²) >= 11 is 0. The number of pyridine rings is 1. The smallest absolute Gasteiger partial charge is 0.239 e. The van der Waals surface area contributed by atoms with Gasteiger partial charge in [0.25, 0.3) is 0 Å². The van der Waals surface area contributed by atoms with Gasteiger partial charge in [-0.15, -0.1) is 0 Å². The number of carbonyl (C=O) groups excluding carboxylic acids is 1. The molecule has 1 unspecified atom stereocenters. The number of nitrogens with one attached hydrogen (secondary N) is 1. The molecule has 0 spiro atoms. The number of fused-ring (bicyclic) bond motifs is 1. The summed E-state index contributed by atoms with van der Waals surface area (Å²) in [7, 11) is 0. The SMILES string of the molecule is CC(C)C(O)CCNC(=O)Cn1ccc(=O)c2ccccc21. The van der Waals surface area contributed by atoms with Crippen molar-refractivity contribution < 1.29 is 9.90 Å². The molecule has 0 saturated carbocycles. The Bertz CT molecular complexity index is 706. The lowest BCUT2D eigenvalue weighted by atomic mass is 10.0. The van der Waals surface area contributed by atoms with Crippen LogP contribution in [0.25, 0.3) is 10.9 Å². The fourth-order valence-corrected chi connectivity index (χ4v) is 2.30. The Hall–Kier alpha value is -2.14. The van der Waals surface area contributed by atoms with Gasteiger partial charge in [0.15, 0.2) is 5.43 Å². The van der Waals surface area contributed by atoms with Crippen LogP contribution in [0.3, 0.4) is 0 Å². The zero-order valence-corrected chi connectivity index (χ0v) is 13.0. The van der Waals surface area contributed by atoms with Crippen LogP contribution in [0.5, 0.6) is 0 Å². The first kappa shape index (κ1) is 16.2. The van der Waals surface area contributed by atoms with Gasteiger partial charge in [0, 0.05) is 24.2 Å². The lowest BCUT2D eigenvalue weighted by molar-refractivity contribution is -0.121. The minimum Gasteiger partial charge on any atom is -0.393 e. The number of rotatable bonds is 6. The van der Waals surface area contributed by atoms with Gasteiger partial charge in [0.05, 0.1) is 11.6 Å². The summed E-state index contributed by atoms with van der Waals surface area (Å²) in [5, 5.41) is 13.1. The summed E-state index contributed by atoms with van der Waals surface area (Å²) in [6.07, 6.45) is 1.76. The van der Waals surface area contributed by atoms with Crippen molar-refractivity contribution >= 4 is 16.8 Å². The van der Waals surface area contributed by atoms with Crippen LogP contribution in [0, 0.1) is 5.92 Å². The van der Waals surface area contributed by atoms with Gasteiger partial charge in [-0.3, -0.25) is 9.59 Å². The maximum Gasteiger partial charge on any atom is 0.239 e. The van der Waals surface area contributed by atoms with Crippen LogP contribution in [-0.2, 0) is 11.3 Å². The van der Waals surface area contributed by atoms with E-state index in [2.05, 4.69) is 5.32 Å². The molecule has 5 heteroatoms. The fourth-order valence-electron chi connectivity index (χ4n) is 2.30. The van der Waals surface area contributed by atoms with Crippen LogP contribution in [0.1, 0.15) is 20.3 Å². The van der Waals surface area contributed by atoms with Gasteiger partial charge >= 0.3 is 0 Å². The molecule has 118 valence electrons. The van der Waals surface area contributed by atoms with Crippen LogP contribution in [0.4, 0.5) is 0 Å². The van der Waals surface area contributed by atoms with E-state index in [0.29, 0.717) is 18.4 Å². The van der Waals surface area contributed by atoms with E-state index in [4.69, 9.17) is 0 Å². The van der Waals surface area contributed by atoms with E-state index in [0.717, 1.165) is 5.52 Å². The monoisotopic (exact) mass is 302 g/mol. The van der Waals surface area contributed by atoms with Crippen molar-refractivity contribution in [3.8, 4) is 0 Å². The number of aliphatic hydroxyl groups excluding tert-OH is 1. The highest BCUT2D eigenvalue weighted by atomic mass is 16.3. The summed E-state index contributed by atoms with van der Waals surface area (Å²) in [5.74, 6) is 0.0459. The second kappa shape index (κ2) is 7.22. The van der Waals surface area contributed by atoms with Crippen LogP contribution in [0.2, 0.25) is 0 Å². The highest BCUT2D eigenvalue weighted by Gasteiger charge is 2.10. The van der Waals surface area contributed by atoms with E-state index in [1.165, 1.54) is 6.07 Å². The first-order valence-corrected chi connectivity index (χ1v) is 7.52. The van der Waals surface area contributed by atoms with E-state index in [1.54, 1.807) is 22.9 Å². The molecule has 0 saturated heterocycles. The minimum atomic E-state index is -0.409. The van der Waals surface area contributed by atoms with Crippen molar-refractivity contribution in [3.05, 3.63) is 46.8 Å². The molecule has 0 fully saturated rings. The molecule has 2 rings (SSSR count). The molecule has 2 aromatic rings. The number of hydrogen-bond donors (Lipinski definition) is 2. The average molecular weight is 302 g/mol. The Morgan fingerprint density at radius 3 is 2.73 bits per heavy atom. The molecule has 1 atom stereocenters. The predicted octanol–water partition coefficient (Wildman–Crippen LogP) is 1.52. The summed E-state index contributed by atoms with van der Waals surface area (Å²) in [6, 6.07) is 8.70. The molecule has 0 bridgehead atoms. The highest BCUT2D eigenvalue weighted by Crippen LogP contribution is 2.09. The second-order valence-corrected chi connectivity index (χ2v) is 5.78. The van der Waals surface area contributed by atoms with Gasteiger partial charge in [-0.25, -0.2) is 0 Å². The van der Waals surface area contributed by atoms with Gasteiger partial charge < -0.3 is 15.0 Å². The summed E-state index contributed by atoms with van der Waals surface area (Å²) in [5.41, 5.74) is 0.694. The summed E-state index contributed by atoms with van der Waals surface area (Å²) in [6.45, 7) is 4.48. The van der Waals surface area contributed by atoms with Gasteiger partial charge in [-0.2, -0.15) is 0 Å². The Morgan fingerprint density at radius 1 is 1.27 bits per heavy atom. The molecule has 1 amide bonds. The molecule has 0 aliphatic rings. The molecule has 0 aliphatic heterocycles. The lowest BCUT2D eigenvalue weighted by Gasteiger charge is -2.15. The van der Waals surface area contributed by atoms with E-state index in [9.17, 15) is 14.7 Å². The Morgan fingerprint density at radius 2 is 2.00 bits per heavy atom. The van der Waals surface area contributed by atoms with Crippen molar-refractivity contribution in [1.82, 2.24) is 9.88 Å². The van der Waals surface area contributed by atoms with Gasteiger partial charge in [0.2, 0.25) is 5.91 Å². The Labute approximate surface area is 129 Å². The molecule has 0 aliphatic carbocycles. The number of nitrogens with zero attached hydrogens (tertiary/aromatic N) is 1. The first-order valence-electron chi connectivity index (χ1n) is 7.52. The number of carbonyl (C=O) groups is 1. The van der Waals surface area contributed by atoms with Crippen molar-refractivity contribution in [1.29, 1.82) is 0 Å². The standard InChI is InChI=1S/C17H22N2O3/c1-12(2)15(20)7-9-18-17(22)11-19-10-8-16(21)13-5-3-4-6-14(13)19/h3-6,8,10,12,15,20H,7,9,11H2,1-2H3,(H,18,22). The van der Waals surface area contributed by atoms with Crippen LogP contribution in [-0.4, -0.2) is 28.2 Å². The number of hydrogen-bond acceptors (Lipinski definition) is 3. The number of aromatic nitrogens is 1. The molecule has 2 N–H and O–H groups in total. The van der Waals surface area contributed by atoms with E-state index >= 15 is 0 Å². The lowest BCUT2D eigenvalue weighted by Crippen LogP contribution is -2.31. The largest absolute Gasteiger partial charge is 0.393 e. The fraction of sp³-hybridized carbons (Fsp3) is 0.412. The van der Waals surface area contributed by atoms with Crippen LogP contribution < -0.4 is 10.7 Å². The number of benzene rings is 1. The van der Waals surface area contributed by atoms with E-state index in [-0.39, 0.29) is 23.8 Å². The van der Waals surface area contributed by atoms with Crippen molar-refractivity contribution in [3.63, 3.8) is 0 Å². The second-order valence-electron chi connectivity index (χ2n) is 5.78. The van der Waals surface area contributed by atoms with Gasteiger partial charge in [0.1, 0.15) is 6.54 Å². The molecular weight excluding hydrogens is 280 g/mol. The number of para-hydroxylation sites is 1. The number of amides is 1. The zero-order chi connectivity index (χ0) is 16.1. The third-order valence-corrected chi connectivity index (χ3v) is 3.73. The van der Waals surface area contributed by atoms with Crippen LogP contribution >= 0.6 is 0 Å². The molecule has 22 heavy (non-hydrogen) atoms. The van der Waals surface area contributed by atoms with E-state index in [1.807, 2.05) is 26.0 Å². The normalized spacial score (nSPS) is 12.5. The quantitative estimate of drug-likeness (QED) is 0.850. The minimum absolute atomic E-state index is 0.0488. The van der Waals surface area contributed by atoms with Crippen LogP contribution in [0.15, 0.2) is 41.3 Å². The van der Waals surface area contributed by atoms with Gasteiger partial charge in [-0.05, 0) is 24.5 Å². The Kier molecular flexibility index (Phi) is 5.33. The maximum absolute atomic E-state index is 12.0. The van der Waals surface area contributed by atoms with Crippen molar-refractivity contribution in [2.24, 2.45) is 5.92 Å². The summed E-state index contributed by atoms with van der Waals surface area (Å²) in [4.78, 5) is 23.8. The molecule has 1 aromatic heterocycles. The first-order chi connectivity index (χ1) is 10.5. The Balaban J connectivity index is 2.01. The maximum atomic E-state index is 12.0. The third kappa shape index (κ3) is 3.95. The summed E-state index contributed by atoms with van der Waals surface area (Å²) < 4.78 is 1.75. The van der Waals surface area contributed by atoms with E-state index < -0.39 is 6.10 Å². The highest BCUT2D eigenvalue weighted by molar-refractivity contribution is 5.82. The molecule has 0 radical (unpaired) electrons. The topological polar surface area (TPSA) is 71.3 Å². The molecule has 5 nitrogen and oxygen atoms in total. The third-order valence-electron chi connectivity index (χ3n) is 3.73. The molecule has 1 heterocycles. The zero-order valence-electron chi connectivity index (χ0n) is 13.0. The average Bonchev–Trinajstić information content (AvgIpc) is 2.50. The predicted molar refractivity (Wildman–Crippen MR) is 86.7 cm³/mol. The van der Waals surface area contributed by atoms with Gasteiger partial charge in [-0.1, -0.05) is 26.0 Å².